The first kappa shape index (κ1) is 17.2. The largest absolute Gasteiger partial charge is 0.367 e. The fraction of sp³-hybridized carbons (Fsp3) is 0.438. The van der Waals surface area contributed by atoms with Crippen molar-refractivity contribution in [3.05, 3.63) is 41.7 Å². The van der Waals surface area contributed by atoms with Crippen molar-refractivity contribution in [3.8, 4) is 0 Å². The molecule has 1 aliphatic heterocycles. The molecule has 0 saturated carbocycles. The van der Waals surface area contributed by atoms with Gasteiger partial charge in [0, 0.05) is 39.4 Å². The van der Waals surface area contributed by atoms with Crippen molar-refractivity contribution in [2.24, 2.45) is 7.05 Å². The van der Waals surface area contributed by atoms with Crippen LogP contribution in [0.25, 0.3) is 0 Å². The van der Waals surface area contributed by atoms with Crippen LogP contribution in [-0.2, 0) is 7.05 Å². The number of pyridine rings is 1. The molecule has 6 nitrogen and oxygen atoms in total. The number of hydrogen-bond donors (Lipinski definition) is 0. The minimum Gasteiger partial charge on any atom is -0.367 e. The number of carbonyl (C=O) groups is 1. The SMILES string of the molecule is Cn1nc(C(F)F)cc1C(=O)N1CCCN(c2ccncc2F)CC1. The predicted molar refractivity (Wildman–Crippen MR) is 85.1 cm³/mol. The highest BCUT2D eigenvalue weighted by Gasteiger charge is 2.25. The second kappa shape index (κ2) is 7.12. The number of aryl methyl sites for hydroxylation is 1. The van der Waals surface area contributed by atoms with Crippen molar-refractivity contribution in [3.63, 3.8) is 0 Å². The zero-order chi connectivity index (χ0) is 18.0. The number of amides is 1. The third kappa shape index (κ3) is 3.59. The van der Waals surface area contributed by atoms with Gasteiger partial charge in [0.25, 0.3) is 12.3 Å². The van der Waals surface area contributed by atoms with E-state index in [1.54, 1.807) is 11.0 Å². The van der Waals surface area contributed by atoms with Crippen LogP contribution >= 0.6 is 0 Å². The molecule has 0 N–H and O–H groups in total. The van der Waals surface area contributed by atoms with E-state index < -0.39 is 17.9 Å². The minimum absolute atomic E-state index is 0.124. The van der Waals surface area contributed by atoms with Crippen molar-refractivity contribution in [2.75, 3.05) is 31.1 Å². The van der Waals surface area contributed by atoms with Gasteiger partial charge in [0.05, 0.1) is 11.9 Å². The molecule has 134 valence electrons. The number of aromatic nitrogens is 3. The summed E-state index contributed by atoms with van der Waals surface area (Å²) in [5.74, 6) is -0.755. The zero-order valence-electron chi connectivity index (χ0n) is 13.7. The Kier molecular flexibility index (Phi) is 4.91. The van der Waals surface area contributed by atoms with Crippen LogP contribution in [0.3, 0.4) is 0 Å². The molecular formula is C16H18F3N5O. The highest BCUT2D eigenvalue weighted by atomic mass is 19.3. The summed E-state index contributed by atoms with van der Waals surface area (Å²) in [6, 6.07) is 2.72. The molecule has 0 aromatic carbocycles. The first-order chi connectivity index (χ1) is 12.0. The molecule has 0 atom stereocenters. The second-order valence-corrected chi connectivity index (χ2v) is 5.84. The molecular weight excluding hydrogens is 335 g/mol. The lowest BCUT2D eigenvalue weighted by molar-refractivity contribution is 0.0756. The average Bonchev–Trinajstić information content (AvgIpc) is 2.82. The fourth-order valence-corrected chi connectivity index (χ4v) is 2.94. The van der Waals surface area contributed by atoms with Crippen molar-refractivity contribution in [1.29, 1.82) is 0 Å². The lowest BCUT2D eigenvalue weighted by atomic mass is 10.3. The van der Waals surface area contributed by atoms with Crippen LogP contribution in [0.5, 0.6) is 0 Å². The van der Waals surface area contributed by atoms with Crippen molar-refractivity contribution in [1.82, 2.24) is 19.7 Å². The topological polar surface area (TPSA) is 54.3 Å². The van der Waals surface area contributed by atoms with Gasteiger partial charge in [0.2, 0.25) is 0 Å². The normalized spacial score (nSPS) is 15.6. The van der Waals surface area contributed by atoms with Gasteiger partial charge in [-0.3, -0.25) is 14.5 Å². The van der Waals surface area contributed by atoms with E-state index in [2.05, 4.69) is 10.1 Å². The Morgan fingerprint density at radius 1 is 1.24 bits per heavy atom. The maximum Gasteiger partial charge on any atom is 0.282 e. The fourth-order valence-electron chi connectivity index (χ4n) is 2.94. The molecule has 1 saturated heterocycles. The molecule has 0 unspecified atom stereocenters. The van der Waals surface area contributed by atoms with Gasteiger partial charge in [-0.05, 0) is 18.6 Å². The second-order valence-electron chi connectivity index (χ2n) is 5.84. The highest BCUT2D eigenvalue weighted by Crippen LogP contribution is 2.21. The third-order valence-electron chi connectivity index (χ3n) is 4.22. The lowest BCUT2D eigenvalue weighted by Crippen LogP contribution is -2.36. The Morgan fingerprint density at radius 2 is 2.04 bits per heavy atom. The molecule has 0 spiro atoms. The number of alkyl halides is 2. The summed E-state index contributed by atoms with van der Waals surface area (Å²) in [5.41, 5.74) is 0.157. The Balaban J connectivity index is 1.73. The molecule has 0 radical (unpaired) electrons. The van der Waals surface area contributed by atoms with E-state index in [-0.39, 0.29) is 11.6 Å². The molecule has 1 fully saturated rings. The summed E-state index contributed by atoms with van der Waals surface area (Å²) < 4.78 is 40.6. The molecule has 0 bridgehead atoms. The van der Waals surface area contributed by atoms with Crippen LogP contribution in [0.2, 0.25) is 0 Å². The van der Waals surface area contributed by atoms with Gasteiger partial charge < -0.3 is 9.80 Å². The monoisotopic (exact) mass is 353 g/mol. The third-order valence-corrected chi connectivity index (χ3v) is 4.22. The van der Waals surface area contributed by atoms with Gasteiger partial charge in [-0.2, -0.15) is 5.10 Å². The van der Waals surface area contributed by atoms with Gasteiger partial charge in [-0.15, -0.1) is 0 Å². The first-order valence-corrected chi connectivity index (χ1v) is 7.93. The summed E-state index contributed by atoms with van der Waals surface area (Å²) in [6.45, 7) is 1.89. The lowest BCUT2D eigenvalue weighted by Gasteiger charge is -2.23. The van der Waals surface area contributed by atoms with E-state index in [0.29, 0.717) is 38.3 Å². The average molecular weight is 353 g/mol. The molecule has 2 aromatic heterocycles. The van der Waals surface area contributed by atoms with E-state index in [0.717, 1.165) is 12.3 Å². The molecule has 3 heterocycles. The van der Waals surface area contributed by atoms with Crippen LogP contribution in [0.4, 0.5) is 18.9 Å². The maximum absolute atomic E-state index is 13.9. The zero-order valence-corrected chi connectivity index (χ0v) is 13.7. The van der Waals surface area contributed by atoms with Crippen LogP contribution in [-0.4, -0.2) is 51.8 Å². The van der Waals surface area contributed by atoms with Crippen molar-refractivity contribution < 1.29 is 18.0 Å². The van der Waals surface area contributed by atoms with Gasteiger partial charge in [-0.25, -0.2) is 13.2 Å². The van der Waals surface area contributed by atoms with E-state index in [4.69, 9.17) is 0 Å². The number of halogens is 3. The number of anilines is 1. The summed E-state index contributed by atoms with van der Waals surface area (Å²) in [6.07, 6.45) is 0.605. The summed E-state index contributed by atoms with van der Waals surface area (Å²) in [4.78, 5) is 19.8. The molecule has 25 heavy (non-hydrogen) atoms. The van der Waals surface area contributed by atoms with E-state index in [1.165, 1.54) is 17.9 Å². The summed E-state index contributed by atoms with van der Waals surface area (Å²) in [5, 5.41) is 3.68. The Labute approximate surface area is 142 Å². The molecule has 9 heteroatoms. The van der Waals surface area contributed by atoms with Gasteiger partial charge in [0.15, 0.2) is 5.82 Å². The van der Waals surface area contributed by atoms with Crippen molar-refractivity contribution in [2.45, 2.75) is 12.8 Å². The Morgan fingerprint density at radius 3 is 2.72 bits per heavy atom. The summed E-state index contributed by atoms with van der Waals surface area (Å²) in [7, 11) is 1.47. The number of nitrogens with zero attached hydrogens (tertiary/aromatic N) is 5. The van der Waals surface area contributed by atoms with Crippen LogP contribution < -0.4 is 4.90 Å². The smallest absolute Gasteiger partial charge is 0.282 e. The highest BCUT2D eigenvalue weighted by molar-refractivity contribution is 5.92. The van der Waals surface area contributed by atoms with Crippen LogP contribution in [0.1, 0.15) is 29.0 Å². The van der Waals surface area contributed by atoms with Crippen molar-refractivity contribution >= 4 is 11.6 Å². The Hall–Kier alpha value is -2.58. The summed E-state index contributed by atoms with van der Waals surface area (Å²) >= 11 is 0. The molecule has 2 aromatic rings. The van der Waals surface area contributed by atoms with Gasteiger partial charge in [-0.1, -0.05) is 0 Å². The molecule has 0 aliphatic carbocycles. The van der Waals surface area contributed by atoms with E-state index >= 15 is 0 Å². The molecule has 1 amide bonds. The van der Waals surface area contributed by atoms with E-state index in [9.17, 15) is 18.0 Å². The Bertz CT molecular complexity index is 764. The van der Waals surface area contributed by atoms with Gasteiger partial charge in [0.1, 0.15) is 11.4 Å². The predicted octanol–water partition coefficient (Wildman–Crippen LogP) is 2.24. The van der Waals surface area contributed by atoms with Gasteiger partial charge >= 0.3 is 0 Å². The number of rotatable bonds is 3. The molecule has 3 rings (SSSR count). The van der Waals surface area contributed by atoms with Crippen LogP contribution in [0.15, 0.2) is 24.5 Å². The molecule has 1 aliphatic rings. The number of hydrogen-bond acceptors (Lipinski definition) is 4. The maximum atomic E-state index is 13.9. The quantitative estimate of drug-likeness (QED) is 0.849. The minimum atomic E-state index is -2.72. The first-order valence-electron chi connectivity index (χ1n) is 7.93. The van der Waals surface area contributed by atoms with E-state index in [1.807, 2.05) is 4.90 Å². The standard InChI is InChI=1S/C16H18F3N5O/c1-22-14(9-12(21-22)15(18)19)16(25)24-6-2-5-23(7-8-24)13-3-4-20-10-11(13)17/h3-4,9-10,15H,2,5-8H2,1H3. The van der Waals surface area contributed by atoms with Crippen LogP contribution in [0, 0.1) is 5.82 Å². The number of carbonyl (C=O) groups excluding carboxylic acids is 1.